The first-order valence-corrected chi connectivity index (χ1v) is 11.6. The zero-order chi connectivity index (χ0) is 23.7. The summed E-state index contributed by atoms with van der Waals surface area (Å²) >= 11 is 7.84. The summed E-state index contributed by atoms with van der Waals surface area (Å²) in [6, 6.07) is 11.1. The van der Waals surface area contributed by atoms with E-state index in [1.807, 2.05) is 44.2 Å². The van der Waals surface area contributed by atoms with Gasteiger partial charge < -0.3 is 20.5 Å². The number of aromatic nitrogens is 2. The van der Waals surface area contributed by atoms with Crippen LogP contribution in [0.4, 0.5) is 5.82 Å². The fourth-order valence-corrected chi connectivity index (χ4v) is 5.02. The molecule has 0 bridgehead atoms. The minimum Gasteiger partial charge on any atom is -0.493 e. The van der Waals surface area contributed by atoms with Gasteiger partial charge in [-0.05, 0) is 49.2 Å². The first kappa shape index (κ1) is 23.0. The summed E-state index contributed by atoms with van der Waals surface area (Å²) in [6.07, 6.45) is 0. The Kier molecular flexibility index (Phi) is 6.53. The van der Waals surface area contributed by atoms with E-state index in [-0.39, 0.29) is 23.5 Å². The van der Waals surface area contributed by atoms with Crippen LogP contribution < -0.4 is 20.5 Å². The van der Waals surface area contributed by atoms with Crippen LogP contribution in [0, 0.1) is 13.8 Å². The third-order valence-electron chi connectivity index (χ3n) is 5.27. The van der Waals surface area contributed by atoms with Crippen molar-refractivity contribution in [2.24, 2.45) is 5.73 Å². The number of anilines is 1. The van der Waals surface area contributed by atoms with Crippen molar-refractivity contribution in [1.29, 1.82) is 0 Å². The molecule has 0 spiro atoms. The first-order valence-electron chi connectivity index (χ1n) is 10.1. The van der Waals surface area contributed by atoms with Gasteiger partial charge in [0.05, 0.1) is 29.5 Å². The van der Waals surface area contributed by atoms with Crippen LogP contribution in [0.2, 0.25) is 5.02 Å². The number of nitrogens with zero attached hydrogens (tertiary/aromatic N) is 2. The normalized spacial score (nSPS) is 15.4. The summed E-state index contributed by atoms with van der Waals surface area (Å²) in [6.45, 7) is 3.60. The smallest absolute Gasteiger partial charge is 0.255 e. The highest BCUT2D eigenvalue weighted by molar-refractivity contribution is 8.00. The fourth-order valence-electron chi connectivity index (χ4n) is 3.66. The van der Waals surface area contributed by atoms with Crippen molar-refractivity contribution in [2.75, 3.05) is 24.8 Å². The van der Waals surface area contributed by atoms with Crippen LogP contribution in [0.25, 0.3) is 5.69 Å². The highest BCUT2D eigenvalue weighted by Gasteiger charge is 2.31. The zero-order valence-electron chi connectivity index (χ0n) is 18.3. The van der Waals surface area contributed by atoms with Crippen molar-refractivity contribution >= 4 is 41.0 Å². The minimum absolute atomic E-state index is 0.114. The second-order valence-corrected chi connectivity index (χ2v) is 9.10. The van der Waals surface area contributed by atoms with Gasteiger partial charge in [-0.25, -0.2) is 4.68 Å². The summed E-state index contributed by atoms with van der Waals surface area (Å²) in [5.41, 5.74) is 9.49. The number of ether oxygens (including phenoxy) is 2. The minimum atomic E-state index is -0.575. The van der Waals surface area contributed by atoms with Crippen LogP contribution in [-0.2, 0) is 9.59 Å². The number of benzene rings is 2. The lowest BCUT2D eigenvalue weighted by Crippen LogP contribution is -2.20. The summed E-state index contributed by atoms with van der Waals surface area (Å²) in [5.74, 6) is 1.07. The van der Waals surface area contributed by atoms with Crippen molar-refractivity contribution in [3.8, 4) is 17.2 Å². The number of primary amides is 1. The lowest BCUT2D eigenvalue weighted by atomic mass is 10.0. The Morgan fingerprint density at radius 1 is 1.27 bits per heavy atom. The van der Waals surface area contributed by atoms with Crippen LogP contribution in [-0.4, -0.2) is 41.1 Å². The van der Waals surface area contributed by atoms with Crippen molar-refractivity contribution in [3.05, 3.63) is 63.8 Å². The molecule has 0 radical (unpaired) electrons. The van der Waals surface area contributed by atoms with Gasteiger partial charge in [0.2, 0.25) is 5.91 Å². The molecule has 0 aliphatic carbocycles. The maximum Gasteiger partial charge on any atom is 0.255 e. The van der Waals surface area contributed by atoms with E-state index in [1.165, 1.54) is 18.9 Å². The van der Waals surface area contributed by atoms with Gasteiger partial charge in [-0.3, -0.25) is 9.59 Å². The molecular formula is C23H23ClN4O4S. The second kappa shape index (κ2) is 9.36. The van der Waals surface area contributed by atoms with E-state index in [1.54, 1.807) is 10.7 Å². The molecule has 1 unspecified atom stereocenters. The number of thioether (sulfide) groups is 1. The maximum atomic E-state index is 12.6. The number of carbonyl (C=O) groups is 2. The standard InChI is InChI=1S/C23H23ClN4O4S/c1-12-4-6-15(9-16(12)24)28-23-21(13(2)27-28)22(33-11-20(30)26-23)14-5-7-17(18(8-14)31-3)32-10-19(25)29/h4-9,22H,10-11H2,1-3H3,(H2,25,29)(H,26,30). The molecule has 0 saturated carbocycles. The van der Waals surface area contributed by atoms with Crippen LogP contribution in [0.5, 0.6) is 11.5 Å². The molecule has 1 aliphatic rings. The van der Waals surface area contributed by atoms with Crippen molar-refractivity contribution in [3.63, 3.8) is 0 Å². The van der Waals surface area contributed by atoms with E-state index in [2.05, 4.69) is 5.32 Å². The quantitative estimate of drug-likeness (QED) is 0.548. The van der Waals surface area contributed by atoms with E-state index >= 15 is 0 Å². The van der Waals surface area contributed by atoms with Gasteiger partial charge in [0.15, 0.2) is 18.1 Å². The number of carbonyl (C=O) groups excluding carboxylic acids is 2. The van der Waals surface area contributed by atoms with Gasteiger partial charge in [0.1, 0.15) is 5.82 Å². The van der Waals surface area contributed by atoms with Gasteiger partial charge in [0.25, 0.3) is 5.91 Å². The second-order valence-electron chi connectivity index (χ2n) is 7.60. The number of amides is 2. The summed E-state index contributed by atoms with van der Waals surface area (Å²) in [7, 11) is 1.53. The number of fused-ring (bicyclic) bond motifs is 1. The third kappa shape index (κ3) is 4.65. The molecule has 172 valence electrons. The number of hydrogen-bond donors (Lipinski definition) is 2. The maximum absolute atomic E-state index is 12.6. The van der Waals surface area contributed by atoms with Crippen LogP contribution >= 0.6 is 23.4 Å². The Morgan fingerprint density at radius 2 is 2.06 bits per heavy atom. The first-order chi connectivity index (χ1) is 15.8. The fraction of sp³-hybridized carbons (Fsp3) is 0.261. The molecule has 10 heteroatoms. The molecule has 8 nitrogen and oxygen atoms in total. The Morgan fingerprint density at radius 3 is 2.76 bits per heavy atom. The van der Waals surface area contributed by atoms with E-state index in [9.17, 15) is 9.59 Å². The van der Waals surface area contributed by atoms with Gasteiger partial charge in [0, 0.05) is 10.6 Å². The Balaban J connectivity index is 1.79. The summed E-state index contributed by atoms with van der Waals surface area (Å²) in [5, 5.41) is 8.16. The van der Waals surface area contributed by atoms with Crippen molar-refractivity contribution in [1.82, 2.24) is 9.78 Å². The molecule has 4 rings (SSSR count). The molecule has 2 amide bonds. The van der Waals surface area contributed by atoms with E-state index in [0.29, 0.717) is 22.3 Å². The Labute approximate surface area is 200 Å². The van der Waals surface area contributed by atoms with Crippen molar-refractivity contribution < 1.29 is 19.1 Å². The number of nitrogens with one attached hydrogen (secondary N) is 1. The highest BCUT2D eigenvalue weighted by Crippen LogP contribution is 2.45. The van der Waals surface area contributed by atoms with Crippen LogP contribution in [0.15, 0.2) is 36.4 Å². The SMILES string of the molecule is COc1cc(C2SCC(=O)Nc3c2c(C)nn3-c2ccc(C)c(Cl)c2)ccc1OCC(N)=O. The lowest BCUT2D eigenvalue weighted by molar-refractivity contribution is -0.120. The van der Waals surface area contributed by atoms with E-state index < -0.39 is 5.91 Å². The molecule has 1 aliphatic heterocycles. The Hall–Kier alpha value is -3.17. The molecule has 3 N–H and O–H groups in total. The van der Waals surface area contributed by atoms with Gasteiger partial charge in [-0.2, -0.15) is 5.10 Å². The monoisotopic (exact) mass is 486 g/mol. The third-order valence-corrected chi connectivity index (χ3v) is 6.95. The zero-order valence-corrected chi connectivity index (χ0v) is 19.9. The number of rotatable bonds is 6. The molecule has 0 fully saturated rings. The molecule has 2 aromatic carbocycles. The van der Waals surface area contributed by atoms with Gasteiger partial charge in [-0.15, -0.1) is 11.8 Å². The predicted octanol–water partition coefficient (Wildman–Crippen LogP) is 3.79. The number of methoxy groups -OCH3 is 1. The molecule has 3 aromatic rings. The number of hydrogen-bond acceptors (Lipinski definition) is 6. The summed E-state index contributed by atoms with van der Waals surface area (Å²) < 4.78 is 12.6. The van der Waals surface area contributed by atoms with E-state index in [0.717, 1.165) is 28.1 Å². The van der Waals surface area contributed by atoms with Gasteiger partial charge in [-0.1, -0.05) is 23.7 Å². The number of aryl methyl sites for hydroxylation is 2. The topological polar surface area (TPSA) is 108 Å². The number of nitrogens with two attached hydrogens (primary N) is 1. The predicted molar refractivity (Wildman–Crippen MR) is 129 cm³/mol. The summed E-state index contributed by atoms with van der Waals surface area (Å²) in [4.78, 5) is 23.7. The average Bonchev–Trinajstić information content (AvgIpc) is 2.98. The molecule has 1 aromatic heterocycles. The van der Waals surface area contributed by atoms with Crippen molar-refractivity contribution in [2.45, 2.75) is 19.1 Å². The highest BCUT2D eigenvalue weighted by atomic mass is 35.5. The molecule has 0 saturated heterocycles. The van der Waals surface area contributed by atoms with Crippen LogP contribution in [0.1, 0.15) is 27.6 Å². The molecular weight excluding hydrogens is 464 g/mol. The average molecular weight is 487 g/mol. The Bertz CT molecular complexity index is 1240. The van der Waals surface area contributed by atoms with Crippen LogP contribution in [0.3, 0.4) is 0 Å². The van der Waals surface area contributed by atoms with Gasteiger partial charge >= 0.3 is 0 Å². The number of halogens is 1. The molecule has 33 heavy (non-hydrogen) atoms. The van der Waals surface area contributed by atoms with E-state index in [4.69, 9.17) is 31.9 Å². The molecule has 2 heterocycles. The largest absolute Gasteiger partial charge is 0.493 e. The lowest BCUT2D eigenvalue weighted by Gasteiger charge is -2.18. The molecule has 1 atom stereocenters.